The van der Waals surface area contributed by atoms with Crippen LogP contribution in [0, 0.1) is 13.8 Å². The molecule has 2 aromatic carbocycles. The molecular formula is C21H23N3OS. The van der Waals surface area contributed by atoms with Gasteiger partial charge >= 0.3 is 0 Å². The van der Waals surface area contributed by atoms with Crippen molar-refractivity contribution in [3.8, 4) is 10.6 Å². The summed E-state index contributed by atoms with van der Waals surface area (Å²) in [5.41, 5.74) is 4.04. The first kappa shape index (κ1) is 18.3. The third-order valence-electron chi connectivity index (χ3n) is 4.30. The lowest BCUT2D eigenvalue weighted by Gasteiger charge is -2.19. The van der Waals surface area contributed by atoms with Crippen molar-refractivity contribution in [2.24, 2.45) is 0 Å². The van der Waals surface area contributed by atoms with Gasteiger partial charge in [-0.15, -0.1) is 10.2 Å². The highest BCUT2D eigenvalue weighted by atomic mass is 32.1. The second-order valence-electron chi connectivity index (χ2n) is 6.38. The molecule has 26 heavy (non-hydrogen) atoms. The number of nitrogens with zero attached hydrogens (tertiary/aromatic N) is 3. The van der Waals surface area contributed by atoms with Crippen LogP contribution < -0.4 is 4.90 Å². The Bertz CT molecular complexity index is 886. The standard InChI is InChI=1S/C21H23N3OS/c1-4-5-14-24(20(25)17-12-10-15(2)11-13-17)21-23-22-19(26-21)18-9-7-6-8-16(18)3/h6-13H,4-5,14H2,1-3H3. The van der Waals surface area contributed by atoms with E-state index in [4.69, 9.17) is 0 Å². The maximum absolute atomic E-state index is 13.0. The number of hydrogen-bond donors (Lipinski definition) is 0. The van der Waals surface area contributed by atoms with Gasteiger partial charge in [-0.05, 0) is 38.0 Å². The lowest BCUT2D eigenvalue weighted by atomic mass is 10.1. The molecular weight excluding hydrogens is 342 g/mol. The molecule has 0 aliphatic rings. The summed E-state index contributed by atoms with van der Waals surface area (Å²) in [4.78, 5) is 14.8. The van der Waals surface area contributed by atoms with Crippen LogP contribution in [-0.4, -0.2) is 22.6 Å². The molecule has 1 aromatic heterocycles. The molecule has 0 radical (unpaired) electrons. The van der Waals surface area contributed by atoms with E-state index in [0.29, 0.717) is 17.2 Å². The minimum Gasteiger partial charge on any atom is -0.283 e. The Morgan fingerprint density at radius 2 is 1.77 bits per heavy atom. The number of hydrogen-bond acceptors (Lipinski definition) is 4. The first-order valence-electron chi connectivity index (χ1n) is 8.88. The van der Waals surface area contributed by atoms with Crippen LogP contribution in [0.1, 0.15) is 41.3 Å². The Morgan fingerprint density at radius 1 is 1.04 bits per heavy atom. The van der Waals surface area contributed by atoms with Gasteiger partial charge < -0.3 is 0 Å². The normalized spacial score (nSPS) is 10.7. The molecule has 134 valence electrons. The van der Waals surface area contributed by atoms with Gasteiger partial charge in [-0.25, -0.2) is 0 Å². The monoisotopic (exact) mass is 365 g/mol. The van der Waals surface area contributed by atoms with Gasteiger partial charge in [-0.1, -0.05) is 66.6 Å². The summed E-state index contributed by atoms with van der Waals surface area (Å²) in [5, 5.41) is 10.2. The van der Waals surface area contributed by atoms with Crippen LogP contribution in [0.4, 0.5) is 5.13 Å². The quantitative estimate of drug-likeness (QED) is 0.598. The fourth-order valence-electron chi connectivity index (χ4n) is 2.70. The van der Waals surface area contributed by atoms with Crippen molar-refractivity contribution in [1.82, 2.24) is 10.2 Å². The van der Waals surface area contributed by atoms with E-state index in [1.165, 1.54) is 11.3 Å². The summed E-state index contributed by atoms with van der Waals surface area (Å²) in [5.74, 6) is -0.0223. The predicted octanol–water partition coefficient (Wildman–Crippen LogP) is 5.27. The van der Waals surface area contributed by atoms with E-state index in [1.807, 2.05) is 49.4 Å². The second-order valence-corrected chi connectivity index (χ2v) is 7.34. The van der Waals surface area contributed by atoms with Gasteiger partial charge in [0.05, 0.1) is 0 Å². The zero-order valence-electron chi connectivity index (χ0n) is 15.4. The molecule has 0 aliphatic carbocycles. The minimum atomic E-state index is -0.0223. The second kappa shape index (κ2) is 8.23. The van der Waals surface area contributed by atoms with E-state index in [0.717, 1.165) is 34.5 Å². The van der Waals surface area contributed by atoms with Crippen LogP contribution >= 0.6 is 11.3 Å². The fraction of sp³-hybridized carbons (Fsp3) is 0.286. The lowest BCUT2D eigenvalue weighted by Crippen LogP contribution is -2.31. The molecule has 1 amide bonds. The van der Waals surface area contributed by atoms with Crippen molar-refractivity contribution in [1.29, 1.82) is 0 Å². The van der Waals surface area contributed by atoms with Gasteiger partial charge in [0.2, 0.25) is 5.13 Å². The maximum Gasteiger partial charge on any atom is 0.260 e. The smallest absolute Gasteiger partial charge is 0.260 e. The molecule has 1 heterocycles. The molecule has 3 rings (SSSR count). The van der Waals surface area contributed by atoms with Crippen LogP contribution in [0.2, 0.25) is 0 Å². The third-order valence-corrected chi connectivity index (χ3v) is 5.28. The average molecular weight is 366 g/mol. The first-order chi connectivity index (χ1) is 12.6. The van der Waals surface area contributed by atoms with E-state index < -0.39 is 0 Å². The topological polar surface area (TPSA) is 46.1 Å². The van der Waals surface area contributed by atoms with Crippen LogP contribution in [0.15, 0.2) is 48.5 Å². The third kappa shape index (κ3) is 3.99. The predicted molar refractivity (Wildman–Crippen MR) is 108 cm³/mol. The summed E-state index contributed by atoms with van der Waals surface area (Å²) in [6, 6.07) is 15.8. The summed E-state index contributed by atoms with van der Waals surface area (Å²) in [6.07, 6.45) is 1.94. The van der Waals surface area contributed by atoms with Crippen LogP contribution in [0.3, 0.4) is 0 Å². The number of benzene rings is 2. The zero-order chi connectivity index (χ0) is 18.5. The number of rotatable bonds is 6. The molecule has 0 aliphatic heterocycles. The molecule has 0 N–H and O–H groups in total. The Kier molecular flexibility index (Phi) is 5.78. The van der Waals surface area contributed by atoms with Crippen molar-refractivity contribution in [2.75, 3.05) is 11.4 Å². The number of unbranched alkanes of at least 4 members (excludes halogenated alkanes) is 1. The summed E-state index contributed by atoms with van der Waals surface area (Å²) < 4.78 is 0. The summed E-state index contributed by atoms with van der Waals surface area (Å²) in [6.45, 7) is 6.84. The average Bonchev–Trinajstić information content (AvgIpc) is 3.12. The van der Waals surface area contributed by atoms with E-state index in [1.54, 1.807) is 4.90 Å². The van der Waals surface area contributed by atoms with Crippen LogP contribution in [-0.2, 0) is 0 Å². The first-order valence-corrected chi connectivity index (χ1v) is 9.70. The highest BCUT2D eigenvalue weighted by Gasteiger charge is 2.21. The van der Waals surface area contributed by atoms with Crippen molar-refractivity contribution < 1.29 is 4.79 Å². The largest absolute Gasteiger partial charge is 0.283 e. The van der Waals surface area contributed by atoms with E-state index in [-0.39, 0.29) is 5.91 Å². The number of amides is 1. The van der Waals surface area contributed by atoms with Crippen molar-refractivity contribution in [2.45, 2.75) is 33.6 Å². The highest BCUT2D eigenvalue weighted by Crippen LogP contribution is 2.31. The van der Waals surface area contributed by atoms with E-state index in [9.17, 15) is 4.79 Å². The van der Waals surface area contributed by atoms with Crippen LogP contribution in [0.25, 0.3) is 10.6 Å². The molecule has 0 saturated heterocycles. The number of carbonyl (C=O) groups excluding carboxylic acids is 1. The summed E-state index contributed by atoms with van der Waals surface area (Å²) >= 11 is 1.47. The molecule has 0 fully saturated rings. The van der Waals surface area contributed by atoms with Gasteiger partial charge in [0.15, 0.2) is 0 Å². The molecule has 5 heteroatoms. The van der Waals surface area contributed by atoms with Gasteiger partial charge in [0.1, 0.15) is 5.01 Å². The summed E-state index contributed by atoms with van der Waals surface area (Å²) in [7, 11) is 0. The van der Waals surface area contributed by atoms with Gasteiger partial charge in [0, 0.05) is 17.7 Å². The zero-order valence-corrected chi connectivity index (χ0v) is 16.2. The molecule has 0 unspecified atom stereocenters. The van der Waals surface area contributed by atoms with Crippen molar-refractivity contribution in [3.63, 3.8) is 0 Å². The lowest BCUT2D eigenvalue weighted by molar-refractivity contribution is 0.0986. The highest BCUT2D eigenvalue weighted by molar-refractivity contribution is 7.18. The Morgan fingerprint density at radius 3 is 2.46 bits per heavy atom. The molecule has 0 bridgehead atoms. The van der Waals surface area contributed by atoms with E-state index in [2.05, 4.69) is 30.1 Å². The van der Waals surface area contributed by atoms with Crippen molar-refractivity contribution >= 4 is 22.4 Å². The molecule has 0 spiro atoms. The molecule has 0 atom stereocenters. The number of carbonyl (C=O) groups is 1. The fourth-order valence-corrected chi connectivity index (χ4v) is 3.66. The maximum atomic E-state index is 13.0. The van der Waals surface area contributed by atoms with Gasteiger partial charge in [0.25, 0.3) is 5.91 Å². The van der Waals surface area contributed by atoms with Gasteiger partial charge in [-0.3, -0.25) is 9.69 Å². The van der Waals surface area contributed by atoms with Gasteiger partial charge in [-0.2, -0.15) is 0 Å². The SMILES string of the molecule is CCCCN(C(=O)c1ccc(C)cc1)c1nnc(-c2ccccc2C)s1. The number of anilines is 1. The van der Waals surface area contributed by atoms with E-state index >= 15 is 0 Å². The minimum absolute atomic E-state index is 0.0223. The Hall–Kier alpha value is -2.53. The molecule has 3 aromatic rings. The Balaban J connectivity index is 1.92. The van der Waals surface area contributed by atoms with Crippen molar-refractivity contribution in [3.05, 3.63) is 65.2 Å². The Labute approximate surface area is 158 Å². The number of aryl methyl sites for hydroxylation is 2. The van der Waals surface area contributed by atoms with Crippen LogP contribution in [0.5, 0.6) is 0 Å². The molecule has 4 nitrogen and oxygen atoms in total. The molecule has 0 saturated carbocycles. The number of aromatic nitrogens is 2.